The Morgan fingerprint density at radius 2 is 1.60 bits per heavy atom. The zero-order valence-corrected chi connectivity index (χ0v) is 23.9. The van der Waals surface area contributed by atoms with Gasteiger partial charge in [-0.25, -0.2) is 0 Å². The summed E-state index contributed by atoms with van der Waals surface area (Å²) in [5, 5.41) is 22.9. The first-order valence-electron chi connectivity index (χ1n) is 15.2. The molecule has 0 aliphatic heterocycles. The van der Waals surface area contributed by atoms with E-state index in [2.05, 4.69) is 48.5 Å². The minimum absolute atomic E-state index is 0.0749. The number of aliphatic hydroxyl groups excluding tert-OH is 2. The molecule has 0 radical (unpaired) electrons. The average molecular weight is 487 g/mol. The first kappa shape index (κ1) is 26.2. The Labute approximate surface area is 215 Å². The molecule has 0 amide bonds. The maximum Gasteiger partial charge on any atom is 0.145 e. The first-order chi connectivity index (χ1) is 16.2. The molecule has 5 rings (SSSR count). The molecule has 15 atom stereocenters. The lowest BCUT2D eigenvalue weighted by Gasteiger charge is -2.70. The number of hydrogen-bond acceptors (Lipinski definition) is 3. The van der Waals surface area contributed by atoms with E-state index in [0.717, 1.165) is 30.6 Å². The van der Waals surface area contributed by atoms with Crippen LogP contribution >= 0.6 is 0 Å². The van der Waals surface area contributed by atoms with E-state index in [1.165, 1.54) is 38.5 Å². The molecule has 0 aromatic carbocycles. The van der Waals surface area contributed by atoms with Crippen molar-refractivity contribution >= 4 is 5.78 Å². The lowest BCUT2D eigenvalue weighted by molar-refractivity contribution is -0.237. The second kappa shape index (κ2) is 8.55. The Morgan fingerprint density at radius 3 is 2.20 bits per heavy atom. The number of ketones is 1. The third-order valence-corrected chi connectivity index (χ3v) is 13.5. The summed E-state index contributed by atoms with van der Waals surface area (Å²) in [6, 6.07) is 0. The Bertz CT molecular complexity index is 837. The van der Waals surface area contributed by atoms with Crippen LogP contribution < -0.4 is 0 Å². The van der Waals surface area contributed by atoms with Crippen LogP contribution in [0.15, 0.2) is 0 Å². The zero-order chi connectivity index (χ0) is 25.7. The summed E-state index contributed by atoms with van der Waals surface area (Å²) >= 11 is 0. The molecule has 35 heavy (non-hydrogen) atoms. The van der Waals surface area contributed by atoms with Crippen molar-refractivity contribution in [2.45, 2.75) is 119 Å². The van der Waals surface area contributed by atoms with Crippen molar-refractivity contribution < 1.29 is 15.0 Å². The summed E-state index contributed by atoms with van der Waals surface area (Å²) in [6.07, 6.45) is 9.11. The Morgan fingerprint density at radius 1 is 0.914 bits per heavy atom. The first-order valence-corrected chi connectivity index (χ1v) is 15.2. The minimum Gasteiger partial charge on any atom is -0.393 e. The molecule has 3 nitrogen and oxygen atoms in total. The lowest BCUT2D eigenvalue weighted by atomic mass is 9.34. The van der Waals surface area contributed by atoms with Gasteiger partial charge in [0.2, 0.25) is 0 Å². The van der Waals surface area contributed by atoms with Crippen LogP contribution in [0.5, 0.6) is 0 Å². The molecule has 5 aliphatic carbocycles. The summed E-state index contributed by atoms with van der Waals surface area (Å²) in [5.74, 6) is 4.55. The number of hydrogen-bond donors (Lipinski definition) is 2. The maximum atomic E-state index is 14.2. The Kier molecular flexibility index (Phi) is 6.40. The summed E-state index contributed by atoms with van der Waals surface area (Å²) in [6.45, 7) is 18.2. The van der Waals surface area contributed by atoms with Crippen molar-refractivity contribution in [2.75, 3.05) is 0 Å². The minimum atomic E-state index is -0.604. The van der Waals surface area contributed by atoms with Gasteiger partial charge in [-0.2, -0.15) is 0 Å². The summed E-state index contributed by atoms with van der Waals surface area (Å²) in [5.41, 5.74) is -0.493. The molecule has 2 N–H and O–H groups in total. The fourth-order valence-electron chi connectivity index (χ4n) is 12.0. The molecule has 0 saturated heterocycles. The second-order valence-corrected chi connectivity index (χ2v) is 15.6. The van der Waals surface area contributed by atoms with Gasteiger partial charge in [0.05, 0.1) is 12.2 Å². The molecule has 5 saturated carbocycles. The van der Waals surface area contributed by atoms with Gasteiger partial charge < -0.3 is 10.2 Å². The standard InChI is InChI=1S/C32H54O3/c1-17-9-11-22(13-17)23-12-10-18(2)26-24(23)15-30(6)16-31(7)14-19(3)25(21(5)33)29(35)32(31,8)20(4)27(30)28(26)34/h17-28,33-34H,9-16H2,1-8H3. The van der Waals surface area contributed by atoms with Gasteiger partial charge in [-0.05, 0) is 110 Å². The van der Waals surface area contributed by atoms with Crippen molar-refractivity contribution in [1.82, 2.24) is 0 Å². The quantitative estimate of drug-likeness (QED) is 0.454. The molecule has 0 aromatic heterocycles. The zero-order valence-electron chi connectivity index (χ0n) is 23.9. The van der Waals surface area contributed by atoms with E-state index >= 15 is 0 Å². The highest BCUT2D eigenvalue weighted by Gasteiger charge is 2.70. The lowest BCUT2D eigenvalue weighted by Crippen LogP contribution is -2.69. The Balaban J connectivity index is 1.53. The topological polar surface area (TPSA) is 57.5 Å². The van der Waals surface area contributed by atoms with Gasteiger partial charge in [0, 0.05) is 11.3 Å². The van der Waals surface area contributed by atoms with Crippen molar-refractivity contribution in [1.29, 1.82) is 0 Å². The number of rotatable bonds is 2. The van der Waals surface area contributed by atoms with E-state index in [9.17, 15) is 15.0 Å². The number of Topliss-reactive ketones (excluding diaryl/α,β-unsaturated/α-hetero) is 1. The van der Waals surface area contributed by atoms with Crippen LogP contribution in [-0.4, -0.2) is 28.2 Å². The van der Waals surface area contributed by atoms with Crippen LogP contribution in [0.3, 0.4) is 0 Å². The molecule has 3 heteroatoms. The summed E-state index contributed by atoms with van der Waals surface area (Å²) < 4.78 is 0. The van der Waals surface area contributed by atoms with Crippen LogP contribution in [-0.2, 0) is 4.79 Å². The summed E-state index contributed by atoms with van der Waals surface area (Å²) in [4.78, 5) is 14.2. The van der Waals surface area contributed by atoms with Crippen LogP contribution in [0, 0.1) is 75.4 Å². The molecule has 0 bridgehead atoms. The van der Waals surface area contributed by atoms with Gasteiger partial charge in [0.15, 0.2) is 0 Å². The molecule has 0 heterocycles. The van der Waals surface area contributed by atoms with Crippen LogP contribution in [0.2, 0.25) is 0 Å². The molecule has 0 spiro atoms. The molecule has 200 valence electrons. The van der Waals surface area contributed by atoms with E-state index in [-0.39, 0.29) is 46.4 Å². The molecular weight excluding hydrogens is 432 g/mol. The van der Waals surface area contributed by atoms with Gasteiger partial charge in [-0.3, -0.25) is 4.79 Å². The fourth-order valence-corrected chi connectivity index (χ4v) is 12.0. The van der Waals surface area contributed by atoms with Crippen molar-refractivity contribution in [2.24, 2.45) is 75.4 Å². The predicted molar refractivity (Wildman–Crippen MR) is 142 cm³/mol. The third-order valence-electron chi connectivity index (χ3n) is 13.5. The normalized spacial score (nSPS) is 59.4. The number of carbonyl (C=O) groups is 1. The van der Waals surface area contributed by atoms with E-state index in [1.54, 1.807) is 6.92 Å². The smallest absolute Gasteiger partial charge is 0.145 e. The number of carbonyl (C=O) groups excluding carboxylic acids is 1. The highest BCUT2D eigenvalue weighted by Crippen LogP contribution is 2.72. The van der Waals surface area contributed by atoms with Gasteiger partial charge in [0.25, 0.3) is 0 Å². The monoisotopic (exact) mass is 486 g/mol. The van der Waals surface area contributed by atoms with Crippen molar-refractivity contribution in [3.8, 4) is 0 Å². The van der Waals surface area contributed by atoms with E-state index in [1.807, 2.05) is 0 Å². The largest absolute Gasteiger partial charge is 0.393 e. The van der Waals surface area contributed by atoms with Gasteiger partial charge in [-0.1, -0.05) is 61.3 Å². The molecule has 5 aliphatic rings. The van der Waals surface area contributed by atoms with E-state index < -0.39 is 11.5 Å². The number of aliphatic hydroxyl groups is 2. The van der Waals surface area contributed by atoms with E-state index in [4.69, 9.17) is 0 Å². The fraction of sp³-hybridized carbons (Fsp3) is 0.969. The molecular formula is C32H54O3. The highest BCUT2D eigenvalue weighted by atomic mass is 16.3. The van der Waals surface area contributed by atoms with Crippen molar-refractivity contribution in [3.05, 3.63) is 0 Å². The highest BCUT2D eigenvalue weighted by molar-refractivity contribution is 5.89. The van der Waals surface area contributed by atoms with E-state index in [0.29, 0.717) is 17.8 Å². The second-order valence-electron chi connectivity index (χ2n) is 15.6. The van der Waals surface area contributed by atoms with Crippen LogP contribution in [0.4, 0.5) is 0 Å². The van der Waals surface area contributed by atoms with Gasteiger partial charge in [-0.15, -0.1) is 0 Å². The maximum absolute atomic E-state index is 14.2. The third kappa shape index (κ3) is 3.59. The van der Waals surface area contributed by atoms with Gasteiger partial charge >= 0.3 is 0 Å². The predicted octanol–water partition coefficient (Wildman–Crippen LogP) is 6.75. The molecule has 15 unspecified atom stereocenters. The van der Waals surface area contributed by atoms with Gasteiger partial charge in [0.1, 0.15) is 5.78 Å². The average Bonchev–Trinajstić information content (AvgIpc) is 3.16. The SMILES string of the molecule is CC1CCC(C2CCC(C)C3C(O)C4C(C)C5(C)C(=O)C(C(C)O)C(C)CC5(C)CC4(C)CC23)C1. The van der Waals surface area contributed by atoms with Crippen LogP contribution in [0.25, 0.3) is 0 Å². The molecule has 5 fully saturated rings. The van der Waals surface area contributed by atoms with Crippen LogP contribution in [0.1, 0.15) is 107 Å². The number of fused-ring (bicyclic) bond motifs is 3. The Hall–Kier alpha value is -0.410. The molecule has 0 aromatic rings. The summed E-state index contributed by atoms with van der Waals surface area (Å²) in [7, 11) is 0. The van der Waals surface area contributed by atoms with Crippen molar-refractivity contribution in [3.63, 3.8) is 0 Å².